The molecule has 2 aromatic rings. The Morgan fingerprint density at radius 3 is 2.47 bits per heavy atom. The monoisotopic (exact) mass is 461 g/mol. The zero-order chi connectivity index (χ0) is 23.3. The van der Waals surface area contributed by atoms with E-state index in [1.54, 1.807) is 43.5 Å². The molecule has 0 radical (unpaired) electrons. The van der Waals surface area contributed by atoms with E-state index in [9.17, 15) is 19.2 Å². The minimum absolute atomic E-state index is 0.107. The summed E-state index contributed by atoms with van der Waals surface area (Å²) >= 11 is 0.985. The number of aromatic nitrogens is 1. The lowest BCUT2D eigenvalue weighted by atomic mass is 9.95. The van der Waals surface area contributed by atoms with Gasteiger partial charge in [0.1, 0.15) is 18.9 Å². The Hall–Kier alpha value is -3.60. The number of hydrogen-bond donors (Lipinski definition) is 2. The average molecular weight is 461 g/mol. The highest BCUT2D eigenvalue weighted by Crippen LogP contribution is 2.29. The van der Waals surface area contributed by atoms with Gasteiger partial charge in [0.15, 0.2) is 0 Å². The summed E-state index contributed by atoms with van der Waals surface area (Å²) < 4.78 is 16.9. The Kier molecular flexibility index (Phi) is 7.31. The van der Waals surface area contributed by atoms with Crippen molar-refractivity contribution in [1.82, 2.24) is 15.2 Å². The second-order valence-corrected chi connectivity index (χ2v) is 7.63. The van der Waals surface area contributed by atoms with E-state index in [1.165, 1.54) is 11.7 Å². The lowest BCUT2D eigenvalue weighted by Crippen LogP contribution is -2.47. The second-order valence-electron chi connectivity index (χ2n) is 6.81. The summed E-state index contributed by atoms with van der Waals surface area (Å²) in [4.78, 5) is 48.9. The van der Waals surface area contributed by atoms with Gasteiger partial charge in [0.25, 0.3) is 0 Å². The van der Waals surface area contributed by atoms with E-state index < -0.39 is 24.0 Å². The van der Waals surface area contributed by atoms with Gasteiger partial charge in [0.05, 0.1) is 31.0 Å². The van der Waals surface area contributed by atoms with Crippen LogP contribution >= 0.6 is 11.3 Å². The highest BCUT2D eigenvalue weighted by atomic mass is 32.1. The summed E-state index contributed by atoms with van der Waals surface area (Å²) in [7, 11) is 1.53. The van der Waals surface area contributed by atoms with Gasteiger partial charge in [-0.3, -0.25) is 14.2 Å². The number of ether oxygens (including phenoxy) is 3. The zero-order valence-electron chi connectivity index (χ0n) is 17.8. The molecule has 3 rings (SSSR count). The molecule has 0 bridgehead atoms. The van der Waals surface area contributed by atoms with Crippen molar-refractivity contribution in [2.45, 2.75) is 26.4 Å². The molecule has 32 heavy (non-hydrogen) atoms. The normalized spacial score (nSPS) is 15.6. The molecule has 1 aliphatic heterocycles. The van der Waals surface area contributed by atoms with E-state index >= 15 is 0 Å². The van der Waals surface area contributed by atoms with E-state index in [1.807, 2.05) is 0 Å². The van der Waals surface area contributed by atoms with Crippen molar-refractivity contribution < 1.29 is 28.6 Å². The van der Waals surface area contributed by atoms with Gasteiger partial charge in [0, 0.05) is 11.1 Å². The van der Waals surface area contributed by atoms with Crippen LogP contribution in [0.2, 0.25) is 0 Å². The van der Waals surface area contributed by atoms with E-state index in [2.05, 4.69) is 10.6 Å². The van der Waals surface area contributed by atoms with Crippen molar-refractivity contribution >= 4 is 29.3 Å². The number of rotatable bonds is 8. The van der Waals surface area contributed by atoms with Crippen molar-refractivity contribution in [2.24, 2.45) is 0 Å². The van der Waals surface area contributed by atoms with Gasteiger partial charge in [-0.15, -0.1) is 0 Å². The highest BCUT2D eigenvalue weighted by Gasteiger charge is 2.34. The second kappa shape index (κ2) is 10.1. The maximum atomic E-state index is 12.7. The van der Waals surface area contributed by atoms with E-state index in [-0.39, 0.29) is 35.9 Å². The Bertz CT molecular complexity index is 1100. The number of thiazole rings is 1. The number of carbonyl (C=O) groups excluding carboxylic acids is 3. The van der Waals surface area contributed by atoms with Gasteiger partial charge in [-0.25, -0.2) is 9.59 Å². The quantitative estimate of drug-likeness (QED) is 0.573. The molecule has 2 N–H and O–H groups in total. The third kappa shape index (κ3) is 5.17. The summed E-state index contributed by atoms with van der Waals surface area (Å²) in [6.07, 6.45) is 0. The molecule has 0 fully saturated rings. The molecule has 0 unspecified atom stereocenters. The van der Waals surface area contributed by atoms with Crippen LogP contribution in [-0.4, -0.2) is 42.9 Å². The minimum Gasteiger partial charge on any atom is -0.497 e. The maximum absolute atomic E-state index is 12.7. The number of aryl methyl sites for hydroxylation is 1. The standard InChI is InChI=1S/C21H23N3O7S/c1-4-30-19(26)17-15(10-31-16(25)9-24-12(2)11-32-21(24)28)22-20(27)23-18(17)13-5-7-14(29-3)8-6-13/h5-8,11,18H,4,9-10H2,1-3H3,(H2,22,23,27)/t18-/m0/s1. The number of urea groups is 1. The van der Waals surface area contributed by atoms with Gasteiger partial charge >= 0.3 is 22.8 Å². The predicted octanol–water partition coefficient (Wildman–Crippen LogP) is 1.64. The number of methoxy groups -OCH3 is 1. The van der Waals surface area contributed by atoms with Crippen LogP contribution in [0.15, 0.2) is 45.7 Å². The summed E-state index contributed by atoms with van der Waals surface area (Å²) in [5.41, 5.74) is 1.48. The predicted molar refractivity (Wildman–Crippen MR) is 115 cm³/mol. The van der Waals surface area contributed by atoms with Crippen LogP contribution in [-0.2, 0) is 25.6 Å². The van der Waals surface area contributed by atoms with Crippen LogP contribution in [0.4, 0.5) is 4.79 Å². The molecule has 0 saturated heterocycles. The Labute approximate surface area is 187 Å². The lowest BCUT2D eigenvalue weighted by molar-refractivity contribution is -0.144. The Morgan fingerprint density at radius 2 is 1.88 bits per heavy atom. The fourth-order valence-electron chi connectivity index (χ4n) is 3.15. The summed E-state index contributed by atoms with van der Waals surface area (Å²) in [6, 6.07) is 5.45. The molecule has 10 nitrogen and oxygen atoms in total. The number of hydrogen-bond acceptors (Lipinski definition) is 8. The highest BCUT2D eigenvalue weighted by molar-refractivity contribution is 7.07. The first-order valence-corrected chi connectivity index (χ1v) is 10.6. The van der Waals surface area contributed by atoms with Crippen molar-refractivity contribution in [2.75, 3.05) is 20.3 Å². The van der Waals surface area contributed by atoms with Crippen LogP contribution in [0.25, 0.3) is 0 Å². The third-order valence-electron chi connectivity index (χ3n) is 4.74. The number of amides is 2. The van der Waals surface area contributed by atoms with Crippen LogP contribution < -0.4 is 20.2 Å². The molecular formula is C21H23N3O7S. The van der Waals surface area contributed by atoms with Gasteiger partial charge in [-0.05, 0) is 31.5 Å². The Morgan fingerprint density at radius 1 is 1.16 bits per heavy atom. The van der Waals surface area contributed by atoms with Crippen LogP contribution in [0, 0.1) is 6.92 Å². The van der Waals surface area contributed by atoms with Gasteiger partial charge in [-0.1, -0.05) is 23.5 Å². The van der Waals surface area contributed by atoms with E-state index in [0.29, 0.717) is 17.0 Å². The van der Waals surface area contributed by atoms with E-state index in [0.717, 1.165) is 11.3 Å². The molecule has 1 atom stereocenters. The summed E-state index contributed by atoms with van der Waals surface area (Å²) in [5.74, 6) is -0.723. The first-order chi connectivity index (χ1) is 15.3. The molecule has 2 amide bonds. The molecule has 1 aromatic carbocycles. The molecule has 2 heterocycles. The van der Waals surface area contributed by atoms with Crippen molar-refractivity contribution in [3.63, 3.8) is 0 Å². The third-order valence-corrected chi connectivity index (χ3v) is 5.62. The molecule has 0 saturated carbocycles. The minimum atomic E-state index is -0.816. The van der Waals surface area contributed by atoms with Gasteiger partial charge in [-0.2, -0.15) is 0 Å². The molecule has 0 spiro atoms. The number of esters is 2. The van der Waals surface area contributed by atoms with Crippen molar-refractivity contribution in [3.05, 3.63) is 61.8 Å². The largest absolute Gasteiger partial charge is 0.497 e. The van der Waals surface area contributed by atoms with Gasteiger partial charge < -0.3 is 24.8 Å². The SMILES string of the molecule is CCOC(=O)C1=C(COC(=O)Cn2c(C)csc2=O)NC(=O)N[C@H]1c1ccc(OC)cc1. The number of carbonyl (C=O) groups is 3. The zero-order valence-corrected chi connectivity index (χ0v) is 18.6. The molecule has 1 aliphatic rings. The number of nitrogens with one attached hydrogen (secondary N) is 2. The van der Waals surface area contributed by atoms with Crippen molar-refractivity contribution in [1.29, 1.82) is 0 Å². The summed E-state index contributed by atoms with van der Waals surface area (Å²) in [6.45, 7) is 2.85. The van der Waals surface area contributed by atoms with Crippen molar-refractivity contribution in [3.8, 4) is 5.75 Å². The summed E-state index contributed by atoms with van der Waals surface area (Å²) in [5, 5.41) is 6.86. The fraction of sp³-hybridized carbons (Fsp3) is 0.333. The lowest BCUT2D eigenvalue weighted by Gasteiger charge is -2.29. The molecular weight excluding hydrogens is 438 g/mol. The fourth-order valence-corrected chi connectivity index (χ4v) is 3.89. The first kappa shape index (κ1) is 23.1. The first-order valence-electron chi connectivity index (χ1n) is 9.76. The maximum Gasteiger partial charge on any atom is 0.338 e. The van der Waals surface area contributed by atoms with Crippen LogP contribution in [0.3, 0.4) is 0 Å². The molecule has 11 heteroatoms. The topological polar surface area (TPSA) is 125 Å². The molecule has 0 aliphatic carbocycles. The average Bonchev–Trinajstić information content (AvgIpc) is 3.09. The number of benzene rings is 1. The molecule has 1 aromatic heterocycles. The van der Waals surface area contributed by atoms with Crippen LogP contribution in [0.5, 0.6) is 5.75 Å². The smallest absolute Gasteiger partial charge is 0.338 e. The van der Waals surface area contributed by atoms with Crippen LogP contribution in [0.1, 0.15) is 24.2 Å². The van der Waals surface area contributed by atoms with Gasteiger partial charge in [0.2, 0.25) is 0 Å². The number of nitrogens with zero attached hydrogens (tertiary/aromatic N) is 1. The molecule has 170 valence electrons. The Balaban J connectivity index is 1.87. The van der Waals surface area contributed by atoms with E-state index in [4.69, 9.17) is 14.2 Å².